The number of hydrogen-bond donors (Lipinski definition) is 1. The van der Waals surface area contributed by atoms with Crippen LogP contribution in [0.2, 0.25) is 0 Å². The van der Waals surface area contributed by atoms with Crippen molar-refractivity contribution < 1.29 is 14.3 Å². The second kappa shape index (κ2) is 8.18. The third-order valence-corrected chi connectivity index (χ3v) is 4.57. The Hall–Kier alpha value is -2.93. The van der Waals surface area contributed by atoms with Crippen molar-refractivity contribution in [3.05, 3.63) is 60.0 Å². The Morgan fingerprint density at radius 2 is 2.22 bits per heavy atom. The van der Waals surface area contributed by atoms with Crippen molar-refractivity contribution in [3.8, 4) is 5.75 Å². The van der Waals surface area contributed by atoms with E-state index in [1.54, 1.807) is 12.1 Å². The van der Waals surface area contributed by atoms with Crippen molar-refractivity contribution in [1.29, 1.82) is 0 Å². The van der Waals surface area contributed by atoms with Crippen molar-refractivity contribution in [2.24, 2.45) is 0 Å². The van der Waals surface area contributed by atoms with Crippen LogP contribution in [0.1, 0.15) is 29.0 Å². The van der Waals surface area contributed by atoms with Gasteiger partial charge in [-0.15, -0.1) is 10.2 Å². The smallest absolute Gasteiger partial charge is 0.251 e. The number of carbonyl (C=O) groups excluding carboxylic acids is 1. The first-order chi connectivity index (χ1) is 13.3. The first-order valence-corrected chi connectivity index (χ1v) is 9.21. The number of carbonyl (C=O) groups is 1. The van der Waals surface area contributed by atoms with Crippen molar-refractivity contribution in [3.63, 3.8) is 0 Å². The normalized spacial score (nSPS) is 16.5. The molecule has 1 unspecified atom stereocenters. The highest BCUT2D eigenvalue weighted by molar-refractivity contribution is 5.94. The Kier molecular flexibility index (Phi) is 5.29. The van der Waals surface area contributed by atoms with Gasteiger partial charge in [-0.05, 0) is 43.2 Å². The Morgan fingerprint density at radius 1 is 1.26 bits per heavy atom. The Labute approximate surface area is 157 Å². The van der Waals surface area contributed by atoms with Gasteiger partial charge >= 0.3 is 0 Å². The monoisotopic (exact) mass is 366 g/mol. The van der Waals surface area contributed by atoms with E-state index in [2.05, 4.69) is 15.5 Å². The molecule has 0 aliphatic carbocycles. The lowest BCUT2D eigenvalue weighted by molar-refractivity contribution is 0.0679. The molecule has 0 bridgehead atoms. The largest absolute Gasteiger partial charge is 0.491 e. The highest BCUT2D eigenvalue weighted by Gasteiger charge is 2.16. The molecule has 0 saturated carbocycles. The molecule has 1 atom stereocenters. The summed E-state index contributed by atoms with van der Waals surface area (Å²) in [6, 6.07) is 13.0. The van der Waals surface area contributed by atoms with Crippen LogP contribution in [0.15, 0.2) is 48.7 Å². The van der Waals surface area contributed by atoms with Crippen LogP contribution in [-0.4, -0.2) is 46.4 Å². The first kappa shape index (κ1) is 17.5. The summed E-state index contributed by atoms with van der Waals surface area (Å²) in [7, 11) is 0. The number of benzene rings is 1. The maximum atomic E-state index is 12.4. The molecule has 1 amide bonds. The first-order valence-electron chi connectivity index (χ1n) is 9.21. The molecular weight excluding hydrogens is 344 g/mol. The lowest BCUT2D eigenvalue weighted by Crippen LogP contribution is -2.26. The van der Waals surface area contributed by atoms with Gasteiger partial charge in [0.1, 0.15) is 18.2 Å². The van der Waals surface area contributed by atoms with Crippen LogP contribution in [0.5, 0.6) is 5.75 Å². The van der Waals surface area contributed by atoms with Gasteiger partial charge in [0.25, 0.3) is 5.91 Å². The van der Waals surface area contributed by atoms with Gasteiger partial charge in [0.2, 0.25) is 0 Å². The van der Waals surface area contributed by atoms with Gasteiger partial charge in [0.15, 0.2) is 5.65 Å². The van der Waals surface area contributed by atoms with Crippen LogP contribution in [0, 0.1) is 0 Å². The molecule has 0 spiro atoms. The molecule has 0 radical (unpaired) electrons. The number of ether oxygens (including phenoxy) is 2. The molecule has 1 aromatic carbocycles. The van der Waals surface area contributed by atoms with E-state index in [1.807, 2.05) is 40.9 Å². The van der Waals surface area contributed by atoms with E-state index in [4.69, 9.17) is 9.47 Å². The number of nitrogens with one attached hydrogen (secondary N) is 1. The average Bonchev–Trinajstić information content (AvgIpc) is 3.37. The molecule has 1 fully saturated rings. The number of aromatic nitrogens is 3. The Balaban J connectivity index is 1.30. The molecule has 3 heterocycles. The average molecular weight is 366 g/mol. The van der Waals surface area contributed by atoms with Crippen LogP contribution >= 0.6 is 0 Å². The summed E-state index contributed by atoms with van der Waals surface area (Å²) in [6.07, 6.45) is 4.78. The van der Waals surface area contributed by atoms with Crippen LogP contribution in [-0.2, 0) is 11.2 Å². The quantitative estimate of drug-likeness (QED) is 0.694. The van der Waals surface area contributed by atoms with Gasteiger partial charge in [-0.25, -0.2) is 0 Å². The molecule has 1 aliphatic heterocycles. The third kappa shape index (κ3) is 4.25. The molecule has 1 N–H and O–H groups in total. The van der Waals surface area contributed by atoms with E-state index < -0.39 is 0 Å². The minimum atomic E-state index is -0.133. The van der Waals surface area contributed by atoms with Gasteiger partial charge in [0, 0.05) is 31.3 Å². The molecule has 4 rings (SSSR count). The highest BCUT2D eigenvalue weighted by Crippen LogP contribution is 2.17. The zero-order valence-corrected chi connectivity index (χ0v) is 15.0. The number of pyridine rings is 1. The van der Waals surface area contributed by atoms with Crippen LogP contribution in [0.4, 0.5) is 0 Å². The van der Waals surface area contributed by atoms with Crippen LogP contribution < -0.4 is 10.1 Å². The number of hydrogen-bond acceptors (Lipinski definition) is 5. The fraction of sp³-hybridized carbons (Fsp3) is 0.350. The summed E-state index contributed by atoms with van der Waals surface area (Å²) in [5, 5.41) is 11.2. The second-order valence-corrected chi connectivity index (χ2v) is 6.52. The van der Waals surface area contributed by atoms with E-state index >= 15 is 0 Å². The maximum Gasteiger partial charge on any atom is 0.251 e. The summed E-state index contributed by atoms with van der Waals surface area (Å²) in [5.41, 5.74) is 1.38. The molecule has 1 saturated heterocycles. The summed E-state index contributed by atoms with van der Waals surface area (Å²) in [4.78, 5) is 12.4. The SMILES string of the molecule is O=C(NCCc1nnc2ccccn12)c1cccc(OCC2CCCO2)c1. The fourth-order valence-electron chi connectivity index (χ4n) is 3.14. The predicted molar refractivity (Wildman–Crippen MR) is 99.9 cm³/mol. The van der Waals surface area contributed by atoms with Gasteiger partial charge in [-0.3, -0.25) is 9.20 Å². The minimum absolute atomic E-state index is 0.133. The molecule has 27 heavy (non-hydrogen) atoms. The molecule has 3 aromatic rings. The Morgan fingerprint density at radius 3 is 3.11 bits per heavy atom. The van der Waals surface area contributed by atoms with Gasteiger partial charge in [-0.1, -0.05) is 12.1 Å². The zero-order valence-electron chi connectivity index (χ0n) is 15.0. The molecule has 1 aliphatic rings. The van der Waals surface area contributed by atoms with Crippen molar-refractivity contribution in [1.82, 2.24) is 19.9 Å². The van der Waals surface area contributed by atoms with E-state index in [1.165, 1.54) is 0 Å². The van der Waals surface area contributed by atoms with Gasteiger partial charge < -0.3 is 14.8 Å². The lowest BCUT2D eigenvalue weighted by Gasteiger charge is -2.12. The molecular formula is C20H22N4O3. The van der Waals surface area contributed by atoms with Crippen molar-refractivity contribution in [2.45, 2.75) is 25.4 Å². The van der Waals surface area contributed by atoms with Crippen molar-refractivity contribution in [2.75, 3.05) is 19.8 Å². The third-order valence-electron chi connectivity index (χ3n) is 4.57. The van der Waals surface area contributed by atoms with E-state index in [-0.39, 0.29) is 12.0 Å². The standard InChI is InChI=1S/C20H22N4O3/c25-20(21-10-9-19-23-22-18-8-1-2-11-24(18)19)15-5-3-6-16(13-15)27-14-17-7-4-12-26-17/h1-3,5-6,8,11,13,17H,4,7,9-10,12,14H2,(H,21,25). The molecule has 7 nitrogen and oxygen atoms in total. The van der Waals surface area contributed by atoms with Crippen molar-refractivity contribution >= 4 is 11.6 Å². The number of nitrogens with zero attached hydrogens (tertiary/aromatic N) is 3. The second-order valence-electron chi connectivity index (χ2n) is 6.52. The van der Waals surface area contributed by atoms with E-state index in [0.717, 1.165) is 30.9 Å². The molecule has 7 heteroatoms. The Bertz CT molecular complexity index is 918. The number of amides is 1. The minimum Gasteiger partial charge on any atom is -0.491 e. The van der Waals surface area contributed by atoms with E-state index in [0.29, 0.717) is 30.9 Å². The molecule has 2 aromatic heterocycles. The summed E-state index contributed by atoms with van der Waals surface area (Å²) in [6.45, 7) is 1.80. The summed E-state index contributed by atoms with van der Waals surface area (Å²) in [5.74, 6) is 1.37. The van der Waals surface area contributed by atoms with Crippen LogP contribution in [0.25, 0.3) is 5.65 Å². The summed E-state index contributed by atoms with van der Waals surface area (Å²) >= 11 is 0. The fourth-order valence-corrected chi connectivity index (χ4v) is 3.14. The van der Waals surface area contributed by atoms with Gasteiger partial charge in [0.05, 0.1) is 6.10 Å². The molecule has 140 valence electrons. The topological polar surface area (TPSA) is 77.8 Å². The number of fused-ring (bicyclic) bond motifs is 1. The lowest BCUT2D eigenvalue weighted by atomic mass is 10.2. The maximum absolute atomic E-state index is 12.4. The van der Waals surface area contributed by atoms with E-state index in [9.17, 15) is 4.79 Å². The van der Waals surface area contributed by atoms with Crippen LogP contribution in [0.3, 0.4) is 0 Å². The predicted octanol–water partition coefficient (Wildman–Crippen LogP) is 2.26. The summed E-state index contributed by atoms with van der Waals surface area (Å²) < 4.78 is 13.2. The van der Waals surface area contributed by atoms with Gasteiger partial charge in [-0.2, -0.15) is 0 Å². The number of rotatable bonds is 7. The zero-order chi connectivity index (χ0) is 18.5. The highest BCUT2D eigenvalue weighted by atomic mass is 16.5.